The summed E-state index contributed by atoms with van der Waals surface area (Å²) in [7, 11) is 0. The number of aromatic nitrogens is 1. The molecule has 33 heavy (non-hydrogen) atoms. The zero-order chi connectivity index (χ0) is 24.2. The molecule has 6 N–H and O–H groups in total. The molecule has 0 aliphatic heterocycles. The lowest BCUT2D eigenvalue weighted by molar-refractivity contribution is -0.138. The number of hydrogen-bond donors (Lipinski definition) is 5. The van der Waals surface area contributed by atoms with Crippen molar-refractivity contribution in [1.29, 1.82) is 5.41 Å². The van der Waals surface area contributed by atoms with Crippen molar-refractivity contribution in [2.45, 2.75) is 32.1 Å². The molecule has 1 aromatic heterocycles. The minimum atomic E-state index is -0.970. The molecule has 2 aromatic carbocycles. The van der Waals surface area contributed by atoms with Crippen LogP contribution in [0.1, 0.15) is 31.0 Å². The van der Waals surface area contributed by atoms with Gasteiger partial charge >= 0.3 is 5.97 Å². The Hall–Kier alpha value is -3.24. The number of carboxylic acid groups (broad SMARTS) is 1. The van der Waals surface area contributed by atoms with Gasteiger partial charge in [-0.1, -0.05) is 58.5 Å². The van der Waals surface area contributed by atoms with Crippen molar-refractivity contribution in [1.82, 2.24) is 4.98 Å². The van der Waals surface area contributed by atoms with Crippen molar-refractivity contribution in [2.75, 3.05) is 10.6 Å². The molecule has 0 saturated carbocycles. The molecule has 0 aliphatic carbocycles. The van der Waals surface area contributed by atoms with Crippen LogP contribution in [0.2, 0.25) is 0 Å². The van der Waals surface area contributed by atoms with Crippen LogP contribution in [0.15, 0.2) is 53.0 Å². The van der Waals surface area contributed by atoms with E-state index in [9.17, 15) is 14.7 Å². The van der Waals surface area contributed by atoms with Crippen molar-refractivity contribution in [3.05, 3.63) is 64.3 Å². The van der Waals surface area contributed by atoms with E-state index in [1.54, 1.807) is 13.0 Å². The average Bonchev–Trinajstić information content (AvgIpc) is 3.06. The van der Waals surface area contributed by atoms with E-state index in [-0.39, 0.29) is 24.7 Å². The first-order valence-electron chi connectivity index (χ1n) is 10.0. The van der Waals surface area contributed by atoms with Crippen LogP contribution in [0, 0.1) is 12.3 Å². The highest BCUT2D eigenvalue weighted by Crippen LogP contribution is 2.35. The first-order valence-corrected chi connectivity index (χ1v) is 11.6. The van der Waals surface area contributed by atoms with Crippen molar-refractivity contribution in [3.8, 4) is 10.4 Å². The summed E-state index contributed by atoms with van der Waals surface area (Å²) in [6.45, 7) is 3.64. The summed E-state index contributed by atoms with van der Waals surface area (Å²) >= 11 is 4.77. The fourth-order valence-corrected chi connectivity index (χ4v) is 4.97. The second kappa shape index (κ2) is 10.1. The number of nitrogens with zero attached hydrogens (tertiary/aromatic N) is 1. The average molecular weight is 530 g/mol. The van der Waals surface area contributed by atoms with Gasteiger partial charge in [-0.2, -0.15) is 0 Å². The molecule has 3 aromatic rings. The molecule has 0 aliphatic rings. The van der Waals surface area contributed by atoms with E-state index < -0.39 is 11.4 Å². The van der Waals surface area contributed by atoms with Crippen molar-refractivity contribution < 1.29 is 14.7 Å². The van der Waals surface area contributed by atoms with E-state index in [1.165, 1.54) is 11.3 Å². The molecular weight excluding hydrogens is 506 g/mol. The fraction of sp³-hybridized carbons (Fsp3) is 0.217. The Morgan fingerprint density at radius 2 is 1.91 bits per heavy atom. The number of aliphatic carboxylic acids is 1. The Morgan fingerprint density at radius 1 is 1.18 bits per heavy atom. The number of thiazole rings is 1. The Balaban J connectivity index is 1.80. The lowest BCUT2D eigenvalue weighted by Gasteiger charge is -2.28. The van der Waals surface area contributed by atoms with Gasteiger partial charge < -0.3 is 21.5 Å². The monoisotopic (exact) mass is 529 g/mol. The number of halogens is 1. The van der Waals surface area contributed by atoms with Gasteiger partial charge in [-0.15, -0.1) is 0 Å². The van der Waals surface area contributed by atoms with Crippen LogP contribution in [0.5, 0.6) is 0 Å². The summed E-state index contributed by atoms with van der Waals surface area (Å²) in [6.07, 6.45) is -0.171. The lowest BCUT2D eigenvalue weighted by atomic mass is 9.76. The molecule has 1 unspecified atom stereocenters. The molecule has 0 spiro atoms. The molecule has 0 fully saturated rings. The maximum absolute atomic E-state index is 12.9. The maximum atomic E-state index is 12.9. The number of nitrogens with one attached hydrogen (secondary N) is 3. The number of carboxylic acids is 1. The van der Waals surface area contributed by atoms with Crippen LogP contribution < -0.4 is 16.4 Å². The number of carbonyl (C=O) groups is 2. The normalized spacial score (nSPS) is 12.6. The number of nitrogens with two attached hydrogens (primary N) is 1. The largest absolute Gasteiger partial charge is 0.481 e. The fourth-order valence-electron chi connectivity index (χ4n) is 3.59. The van der Waals surface area contributed by atoms with Crippen LogP contribution >= 0.6 is 27.3 Å². The van der Waals surface area contributed by atoms with Gasteiger partial charge in [0, 0.05) is 22.0 Å². The summed E-state index contributed by atoms with van der Waals surface area (Å²) in [5.74, 6) is -1.44. The zero-order valence-corrected chi connectivity index (χ0v) is 20.5. The number of amides is 1. The van der Waals surface area contributed by atoms with Crippen molar-refractivity contribution in [3.63, 3.8) is 0 Å². The molecule has 1 amide bonds. The molecule has 10 heteroatoms. The standard InChI is InChI=1S/C23H24BrN5O3S/c1-13-20(33-22(27-13)29-21(25)26)14-5-3-8-17(9-14)28-18(30)11-23(2,12-19(31)32)15-6-4-7-16(24)10-15/h3-10H,11-12H2,1-2H3,(H,28,30)(H,31,32)(H4,25,26,27,29). The summed E-state index contributed by atoms with van der Waals surface area (Å²) in [5, 5.41) is 22.9. The number of hydrogen-bond acceptors (Lipinski definition) is 5. The van der Waals surface area contributed by atoms with E-state index in [1.807, 2.05) is 49.4 Å². The predicted molar refractivity (Wildman–Crippen MR) is 135 cm³/mol. The zero-order valence-electron chi connectivity index (χ0n) is 18.1. The summed E-state index contributed by atoms with van der Waals surface area (Å²) in [5.41, 5.74) is 7.51. The van der Waals surface area contributed by atoms with Gasteiger partial charge in [0.05, 0.1) is 17.0 Å². The van der Waals surface area contributed by atoms with E-state index in [0.29, 0.717) is 10.8 Å². The van der Waals surface area contributed by atoms with E-state index in [0.717, 1.165) is 26.2 Å². The summed E-state index contributed by atoms with van der Waals surface area (Å²) in [6, 6.07) is 14.7. The Morgan fingerprint density at radius 3 is 2.58 bits per heavy atom. The van der Waals surface area contributed by atoms with Gasteiger partial charge in [-0.05, 0) is 42.3 Å². The third-order valence-corrected chi connectivity index (χ3v) is 6.68. The van der Waals surface area contributed by atoms with Crippen molar-refractivity contribution in [2.24, 2.45) is 5.73 Å². The number of benzene rings is 2. The van der Waals surface area contributed by atoms with Crippen LogP contribution in [0.25, 0.3) is 10.4 Å². The first kappa shape index (κ1) is 24.4. The van der Waals surface area contributed by atoms with Crippen LogP contribution in [0.3, 0.4) is 0 Å². The first-order chi connectivity index (χ1) is 15.6. The van der Waals surface area contributed by atoms with Gasteiger partial charge in [-0.3, -0.25) is 15.0 Å². The molecule has 172 valence electrons. The summed E-state index contributed by atoms with van der Waals surface area (Å²) in [4.78, 5) is 29.7. The Labute approximate surface area is 203 Å². The molecule has 1 atom stereocenters. The number of carbonyl (C=O) groups excluding carboxylic acids is 1. The second-order valence-corrected chi connectivity index (χ2v) is 9.83. The number of guanidine groups is 1. The van der Waals surface area contributed by atoms with Gasteiger partial charge in [0.15, 0.2) is 11.1 Å². The third kappa shape index (κ3) is 6.39. The topological polar surface area (TPSA) is 141 Å². The number of aryl methyl sites for hydroxylation is 1. The molecule has 3 rings (SSSR count). The Bertz CT molecular complexity index is 1210. The SMILES string of the molecule is Cc1nc(NC(=N)N)sc1-c1cccc(NC(=O)CC(C)(CC(=O)O)c2cccc(Br)c2)c1. The minimum absolute atomic E-state index is 0.00620. The van der Waals surface area contributed by atoms with Gasteiger partial charge in [0.1, 0.15) is 0 Å². The minimum Gasteiger partial charge on any atom is -0.481 e. The summed E-state index contributed by atoms with van der Waals surface area (Å²) < 4.78 is 0.822. The second-order valence-electron chi connectivity index (χ2n) is 7.92. The lowest BCUT2D eigenvalue weighted by Crippen LogP contribution is -2.31. The maximum Gasteiger partial charge on any atom is 0.304 e. The molecule has 0 bridgehead atoms. The Kier molecular flexibility index (Phi) is 7.50. The van der Waals surface area contributed by atoms with E-state index in [2.05, 4.69) is 31.5 Å². The van der Waals surface area contributed by atoms with Gasteiger partial charge in [-0.25, -0.2) is 4.98 Å². The predicted octanol–water partition coefficient (Wildman–Crippen LogP) is 4.95. The highest BCUT2D eigenvalue weighted by atomic mass is 79.9. The quantitative estimate of drug-likeness (QED) is 0.206. The molecule has 0 radical (unpaired) electrons. The van der Waals surface area contributed by atoms with Gasteiger partial charge in [0.2, 0.25) is 5.91 Å². The van der Waals surface area contributed by atoms with Crippen LogP contribution in [-0.2, 0) is 15.0 Å². The van der Waals surface area contributed by atoms with E-state index in [4.69, 9.17) is 11.1 Å². The van der Waals surface area contributed by atoms with Gasteiger partial charge in [0.25, 0.3) is 0 Å². The molecule has 0 saturated heterocycles. The van der Waals surface area contributed by atoms with Crippen molar-refractivity contribution >= 4 is 55.9 Å². The number of anilines is 2. The molecular formula is C23H24BrN5O3S. The third-order valence-electron chi connectivity index (χ3n) is 5.06. The molecule has 1 heterocycles. The highest BCUT2D eigenvalue weighted by Gasteiger charge is 2.32. The van der Waals surface area contributed by atoms with Crippen LogP contribution in [0.4, 0.5) is 10.8 Å². The number of rotatable bonds is 8. The van der Waals surface area contributed by atoms with E-state index >= 15 is 0 Å². The smallest absolute Gasteiger partial charge is 0.304 e. The van der Waals surface area contributed by atoms with Crippen LogP contribution in [-0.4, -0.2) is 27.9 Å². The molecule has 8 nitrogen and oxygen atoms in total. The highest BCUT2D eigenvalue weighted by molar-refractivity contribution is 9.10.